The molecule has 136 valence electrons. The van der Waals surface area contributed by atoms with E-state index in [4.69, 9.17) is 0 Å². The van der Waals surface area contributed by atoms with Crippen LogP contribution < -0.4 is 0 Å². The monoisotopic (exact) mass is 386 g/mol. The van der Waals surface area contributed by atoms with E-state index < -0.39 is 0 Å². The Morgan fingerprint density at radius 3 is 2.54 bits per heavy atom. The van der Waals surface area contributed by atoms with E-state index in [9.17, 15) is 9.59 Å². The van der Waals surface area contributed by atoms with E-state index in [1.807, 2.05) is 27.3 Å². The normalized spacial score (nSPS) is 16.6. The summed E-state index contributed by atoms with van der Waals surface area (Å²) < 4.78 is 0. The van der Waals surface area contributed by atoms with E-state index in [1.54, 1.807) is 11.8 Å². The largest absolute Gasteiger partial charge is 0.338 e. The predicted octanol–water partition coefficient (Wildman–Crippen LogP) is 3.31. The minimum Gasteiger partial charge on any atom is -0.338 e. The number of aryl methyl sites for hydroxylation is 2. The Labute approximate surface area is 162 Å². The summed E-state index contributed by atoms with van der Waals surface area (Å²) in [6.07, 6.45) is 3.60. The number of amides is 2. The number of piperazine rings is 1. The second-order valence-corrected chi connectivity index (χ2v) is 8.72. The zero-order chi connectivity index (χ0) is 17.9. The molecule has 1 saturated heterocycles. The van der Waals surface area contributed by atoms with Crippen molar-refractivity contribution in [3.8, 4) is 0 Å². The molecule has 0 radical (unpaired) electrons. The fourth-order valence-electron chi connectivity index (χ4n) is 3.59. The molecule has 2 amide bonds. The van der Waals surface area contributed by atoms with Gasteiger partial charge in [-0.05, 0) is 54.0 Å². The number of carbonyl (C=O) groups excluding carboxylic acids is 2. The molecule has 0 unspecified atom stereocenters. The Hall–Kier alpha value is -1.79. The van der Waals surface area contributed by atoms with E-state index in [1.165, 1.54) is 40.2 Å². The highest BCUT2D eigenvalue weighted by Gasteiger charge is 2.25. The lowest BCUT2D eigenvalue weighted by atomic mass is 10.1. The Morgan fingerprint density at radius 2 is 1.77 bits per heavy atom. The molecule has 0 atom stereocenters. The van der Waals surface area contributed by atoms with Gasteiger partial charge >= 0.3 is 0 Å². The van der Waals surface area contributed by atoms with Gasteiger partial charge in [-0.2, -0.15) is 0 Å². The van der Waals surface area contributed by atoms with Crippen LogP contribution in [0.5, 0.6) is 0 Å². The van der Waals surface area contributed by atoms with Gasteiger partial charge in [0.1, 0.15) is 0 Å². The van der Waals surface area contributed by atoms with Crippen molar-refractivity contribution in [3.63, 3.8) is 0 Å². The van der Waals surface area contributed by atoms with Crippen LogP contribution >= 0.6 is 23.1 Å². The highest BCUT2D eigenvalue weighted by molar-refractivity contribution is 8.00. The minimum atomic E-state index is 0.0830. The van der Waals surface area contributed by atoms with Crippen LogP contribution in [-0.2, 0) is 17.6 Å². The van der Waals surface area contributed by atoms with Crippen molar-refractivity contribution in [2.45, 2.75) is 24.2 Å². The molecule has 0 saturated carbocycles. The highest BCUT2D eigenvalue weighted by Crippen LogP contribution is 2.27. The highest BCUT2D eigenvalue weighted by atomic mass is 32.2. The van der Waals surface area contributed by atoms with Crippen molar-refractivity contribution >= 4 is 34.9 Å². The third-order valence-corrected chi connectivity index (χ3v) is 6.92. The van der Waals surface area contributed by atoms with Gasteiger partial charge in [0.15, 0.2) is 0 Å². The first-order chi connectivity index (χ1) is 12.7. The number of thioether (sulfide) groups is 1. The SMILES string of the molecule is O=C(CSc1ccc2c(c1)CCC2)N1CCN(C(=O)c2cccs2)CC1. The topological polar surface area (TPSA) is 40.6 Å². The van der Waals surface area contributed by atoms with Crippen LogP contribution in [-0.4, -0.2) is 53.5 Å². The Morgan fingerprint density at radius 1 is 1.00 bits per heavy atom. The first kappa shape index (κ1) is 17.6. The molecule has 0 bridgehead atoms. The number of thiophene rings is 1. The van der Waals surface area contributed by atoms with Crippen molar-refractivity contribution in [3.05, 3.63) is 51.7 Å². The molecule has 26 heavy (non-hydrogen) atoms. The van der Waals surface area contributed by atoms with Gasteiger partial charge in [0.25, 0.3) is 5.91 Å². The summed E-state index contributed by atoms with van der Waals surface area (Å²) >= 11 is 3.09. The molecule has 2 aromatic rings. The number of rotatable bonds is 4. The average molecular weight is 387 g/mol. The number of benzene rings is 1. The quantitative estimate of drug-likeness (QED) is 0.757. The van der Waals surface area contributed by atoms with Gasteiger partial charge in [-0.3, -0.25) is 9.59 Å². The molecule has 1 aliphatic carbocycles. The first-order valence-electron chi connectivity index (χ1n) is 9.06. The van der Waals surface area contributed by atoms with Gasteiger partial charge in [-0.1, -0.05) is 12.1 Å². The van der Waals surface area contributed by atoms with Crippen molar-refractivity contribution in [2.75, 3.05) is 31.9 Å². The summed E-state index contributed by atoms with van der Waals surface area (Å²) in [6.45, 7) is 2.49. The molecule has 1 fully saturated rings. The summed E-state index contributed by atoms with van der Waals surface area (Å²) in [4.78, 5) is 30.6. The Bertz CT molecular complexity index is 796. The minimum absolute atomic E-state index is 0.0830. The molecular formula is C20H22N2O2S2. The molecule has 2 heterocycles. The molecule has 4 nitrogen and oxygen atoms in total. The lowest BCUT2D eigenvalue weighted by Gasteiger charge is -2.34. The summed E-state index contributed by atoms with van der Waals surface area (Å²) in [7, 11) is 0. The van der Waals surface area contributed by atoms with Crippen molar-refractivity contribution < 1.29 is 9.59 Å². The smallest absolute Gasteiger partial charge is 0.264 e. The van der Waals surface area contributed by atoms with Crippen LogP contribution in [0.3, 0.4) is 0 Å². The summed E-state index contributed by atoms with van der Waals surface area (Å²) in [6, 6.07) is 10.4. The van der Waals surface area contributed by atoms with Gasteiger partial charge in [-0.15, -0.1) is 23.1 Å². The van der Waals surface area contributed by atoms with Crippen LogP contribution in [0.15, 0.2) is 40.6 Å². The van der Waals surface area contributed by atoms with Crippen molar-refractivity contribution in [1.82, 2.24) is 9.80 Å². The van der Waals surface area contributed by atoms with Crippen LogP contribution in [0.2, 0.25) is 0 Å². The van der Waals surface area contributed by atoms with E-state index in [0.29, 0.717) is 31.9 Å². The lowest BCUT2D eigenvalue weighted by Crippen LogP contribution is -2.51. The molecule has 6 heteroatoms. The molecule has 2 aliphatic rings. The van der Waals surface area contributed by atoms with E-state index in [0.717, 1.165) is 11.3 Å². The number of nitrogens with zero attached hydrogens (tertiary/aromatic N) is 2. The van der Waals surface area contributed by atoms with Gasteiger partial charge in [-0.25, -0.2) is 0 Å². The van der Waals surface area contributed by atoms with Crippen molar-refractivity contribution in [2.24, 2.45) is 0 Å². The number of hydrogen-bond donors (Lipinski definition) is 0. The predicted molar refractivity (Wildman–Crippen MR) is 106 cm³/mol. The van der Waals surface area contributed by atoms with Gasteiger partial charge in [0, 0.05) is 31.1 Å². The summed E-state index contributed by atoms with van der Waals surface area (Å²) in [5.41, 5.74) is 2.91. The second kappa shape index (κ2) is 7.84. The van der Waals surface area contributed by atoms with Crippen LogP contribution in [0.1, 0.15) is 27.2 Å². The van der Waals surface area contributed by atoms with Crippen molar-refractivity contribution in [1.29, 1.82) is 0 Å². The molecular weight excluding hydrogens is 364 g/mol. The van der Waals surface area contributed by atoms with Crippen LogP contribution in [0.4, 0.5) is 0 Å². The molecule has 4 rings (SSSR count). The zero-order valence-corrected chi connectivity index (χ0v) is 16.3. The Kier molecular flexibility index (Phi) is 5.31. The maximum atomic E-state index is 12.5. The van der Waals surface area contributed by atoms with Gasteiger partial charge < -0.3 is 9.80 Å². The molecule has 0 N–H and O–H groups in total. The zero-order valence-electron chi connectivity index (χ0n) is 14.6. The molecule has 1 aromatic carbocycles. The standard InChI is InChI=1S/C20H22N2O2S2/c23-19(14-26-17-7-6-15-3-1-4-16(15)13-17)21-8-10-22(11-9-21)20(24)18-5-2-12-25-18/h2,5-7,12-13H,1,3-4,8-11,14H2. The Balaban J connectivity index is 1.26. The van der Waals surface area contributed by atoms with E-state index >= 15 is 0 Å². The number of fused-ring (bicyclic) bond motifs is 1. The summed E-state index contributed by atoms with van der Waals surface area (Å²) in [5.74, 6) is 0.718. The molecule has 1 aromatic heterocycles. The third kappa shape index (κ3) is 3.81. The third-order valence-electron chi connectivity index (χ3n) is 5.08. The van der Waals surface area contributed by atoms with E-state index in [2.05, 4.69) is 18.2 Å². The van der Waals surface area contributed by atoms with Gasteiger partial charge in [0.2, 0.25) is 5.91 Å². The maximum Gasteiger partial charge on any atom is 0.264 e. The number of carbonyl (C=O) groups is 2. The van der Waals surface area contributed by atoms with Crippen LogP contribution in [0, 0.1) is 0 Å². The van der Waals surface area contributed by atoms with Gasteiger partial charge in [0.05, 0.1) is 10.6 Å². The van der Waals surface area contributed by atoms with E-state index in [-0.39, 0.29) is 11.8 Å². The maximum absolute atomic E-state index is 12.5. The summed E-state index contributed by atoms with van der Waals surface area (Å²) in [5, 5.41) is 1.92. The fourth-order valence-corrected chi connectivity index (χ4v) is 5.14. The number of hydrogen-bond acceptors (Lipinski definition) is 4. The second-order valence-electron chi connectivity index (χ2n) is 6.72. The lowest BCUT2D eigenvalue weighted by molar-refractivity contribution is -0.129. The average Bonchev–Trinajstić information content (AvgIpc) is 3.37. The molecule has 1 aliphatic heterocycles. The van der Waals surface area contributed by atoms with Crippen LogP contribution in [0.25, 0.3) is 0 Å². The first-order valence-corrected chi connectivity index (χ1v) is 10.9. The molecule has 0 spiro atoms. The fraction of sp³-hybridized carbons (Fsp3) is 0.400.